The number of carboxylic acid groups (broad SMARTS) is 1. The third kappa shape index (κ3) is 4.46. The van der Waals surface area contributed by atoms with Gasteiger partial charge in [-0.3, -0.25) is 9.59 Å². The number of carbonyl (C=O) groups excluding carboxylic acids is 1. The molecule has 6 heteroatoms. The molecule has 2 aromatic carbocycles. The second-order valence-corrected chi connectivity index (χ2v) is 7.77. The van der Waals surface area contributed by atoms with Crippen LogP contribution in [-0.2, 0) is 16.1 Å². The van der Waals surface area contributed by atoms with Crippen LogP contribution >= 0.6 is 0 Å². The van der Waals surface area contributed by atoms with Gasteiger partial charge in [-0.1, -0.05) is 43.7 Å². The smallest absolute Gasteiger partial charge is 0.306 e. The lowest BCUT2D eigenvalue weighted by Crippen LogP contribution is -2.58. The molecule has 1 aliphatic carbocycles. The number of carbonyl (C=O) groups is 2. The molecule has 0 heterocycles. The second-order valence-electron chi connectivity index (χ2n) is 7.77. The van der Waals surface area contributed by atoms with E-state index in [-0.39, 0.29) is 18.7 Å². The molecule has 156 valence electrons. The number of hydrogen-bond donors (Lipinski definition) is 2. The van der Waals surface area contributed by atoms with Gasteiger partial charge in [0.1, 0.15) is 11.5 Å². The lowest BCUT2D eigenvalue weighted by molar-refractivity contribution is -0.168. The SMILES string of the molecule is CCCC1(C(=O)NCc2ccc(Oc3ccccc3)cc2)CC(C(=O)O)C1CC#N. The number of nitrogens with one attached hydrogen (secondary N) is 1. The van der Waals surface area contributed by atoms with Crippen LogP contribution in [0, 0.1) is 28.6 Å². The molecule has 1 aliphatic rings. The Balaban J connectivity index is 1.63. The molecule has 0 aromatic heterocycles. The predicted octanol–water partition coefficient (Wildman–Crippen LogP) is 4.52. The summed E-state index contributed by atoms with van der Waals surface area (Å²) in [5.74, 6) is -0.703. The maximum atomic E-state index is 13.0. The van der Waals surface area contributed by atoms with Gasteiger partial charge < -0.3 is 15.2 Å². The van der Waals surface area contributed by atoms with Gasteiger partial charge in [-0.15, -0.1) is 0 Å². The van der Waals surface area contributed by atoms with Gasteiger partial charge >= 0.3 is 5.97 Å². The summed E-state index contributed by atoms with van der Waals surface area (Å²) < 4.78 is 5.77. The number of aliphatic carboxylic acids is 1. The molecule has 1 saturated carbocycles. The van der Waals surface area contributed by atoms with Crippen molar-refractivity contribution in [1.82, 2.24) is 5.32 Å². The van der Waals surface area contributed by atoms with Gasteiger partial charge in [0.05, 0.1) is 17.4 Å². The molecule has 2 aromatic rings. The standard InChI is InChI=1S/C24H26N2O4/c1-2-13-24(15-20(22(27)28)21(24)12-14-25)23(29)26-16-17-8-10-19(11-9-17)30-18-6-4-3-5-7-18/h3-11,20-21H,2,12-13,15-16H2,1H3,(H,26,29)(H,27,28). The first-order valence-corrected chi connectivity index (χ1v) is 10.2. The molecule has 0 aliphatic heterocycles. The first-order chi connectivity index (χ1) is 14.5. The summed E-state index contributed by atoms with van der Waals surface area (Å²) >= 11 is 0. The maximum absolute atomic E-state index is 13.0. The Bertz CT molecular complexity index is 920. The first kappa shape index (κ1) is 21.4. The van der Waals surface area contributed by atoms with Crippen molar-refractivity contribution >= 4 is 11.9 Å². The molecule has 2 N–H and O–H groups in total. The molecular weight excluding hydrogens is 380 g/mol. The minimum absolute atomic E-state index is 0.0793. The first-order valence-electron chi connectivity index (χ1n) is 10.2. The number of nitriles is 1. The highest BCUT2D eigenvalue weighted by molar-refractivity contribution is 5.87. The monoisotopic (exact) mass is 406 g/mol. The van der Waals surface area contributed by atoms with Gasteiger partial charge in [0.15, 0.2) is 0 Å². The van der Waals surface area contributed by atoms with Crippen molar-refractivity contribution in [2.45, 2.75) is 39.2 Å². The Hall–Kier alpha value is -3.33. The largest absolute Gasteiger partial charge is 0.481 e. The van der Waals surface area contributed by atoms with E-state index in [1.165, 1.54) is 0 Å². The van der Waals surface area contributed by atoms with Gasteiger partial charge in [0, 0.05) is 13.0 Å². The van der Waals surface area contributed by atoms with Crippen molar-refractivity contribution in [2.75, 3.05) is 0 Å². The van der Waals surface area contributed by atoms with E-state index in [4.69, 9.17) is 10.00 Å². The zero-order chi connectivity index (χ0) is 21.6. The zero-order valence-electron chi connectivity index (χ0n) is 17.0. The highest BCUT2D eigenvalue weighted by Gasteiger charge is 2.60. The third-order valence-electron chi connectivity index (χ3n) is 5.91. The second kappa shape index (κ2) is 9.45. The molecule has 1 fully saturated rings. The molecule has 0 radical (unpaired) electrons. The van der Waals surface area contributed by atoms with Crippen molar-refractivity contribution in [3.63, 3.8) is 0 Å². The number of amides is 1. The van der Waals surface area contributed by atoms with Gasteiger partial charge in [-0.2, -0.15) is 5.26 Å². The van der Waals surface area contributed by atoms with Crippen LogP contribution < -0.4 is 10.1 Å². The lowest BCUT2D eigenvalue weighted by atomic mass is 9.50. The molecule has 30 heavy (non-hydrogen) atoms. The van der Waals surface area contributed by atoms with Crippen molar-refractivity contribution in [3.05, 3.63) is 60.2 Å². The Morgan fingerprint density at radius 3 is 2.43 bits per heavy atom. The van der Waals surface area contributed by atoms with E-state index in [0.717, 1.165) is 17.7 Å². The fraction of sp³-hybridized carbons (Fsp3) is 0.375. The van der Waals surface area contributed by atoms with E-state index < -0.39 is 23.2 Å². The Morgan fingerprint density at radius 1 is 1.17 bits per heavy atom. The highest BCUT2D eigenvalue weighted by atomic mass is 16.5. The minimum Gasteiger partial charge on any atom is -0.481 e. The minimum atomic E-state index is -0.927. The Labute approximate surface area is 176 Å². The van der Waals surface area contributed by atoms with Crippen molar-refractivity contribution in [3.8, 4) is 17.6 Å². The van der Waals surface area contributed by atoms with Crippen LogP contribution in [0.25, 0.3) is 0 Å². The van der Waals surface area contributed by atoms with E-state index in [1.807, 2.05) is 61.5 Å². The summed E-state index contributed by atoms with van der Waals surface area (Å²) in [6.45, 7) is 2.31. The molecule has 3 unspecified atom stereocenters. The summed E-state index contributed by atoms with van der Waals surface area (Å²) in [5.41, 5.74) is 0.144. The zero-order valence-corrected chi connectivity index (χ0v) is 17.0. The molecule has 0 spiro atoms. The number of carboxylic acids is 1. The van der Waals surface area contributed by atoms with Crippen LogP contribution in [0.5, 0.6) is 11.5 Å². The van der Waals surface area contributed by atoms with Crippen LogP contribution in [0.4, 0.5) is 0 Å². The van der Waals surface area contributed by atoms with E-state index in [1.54, 1.807) is 0 Å². The summed E-state index contributed by atoms with van der Waals surface area (Å²) in [5, 5.41) is 21.5. The third-order valence-corrected chi connectivity index (χ3v) is 5.91. The molecule has 3 rings (SSSR count). The number of para-hydroxylation sites is 1. The van der Waals surface area contributed by atoms with Gasteiger partial charge in [0.2, 0.25) is 5.91 Å². The van der Waals surface area contributed by atoms with Crippen LogP contribution in [-0.4, -0.2) is 17.0 Å². The fourth-order valence-electron chi connectivity index (χ4n) is 4.37. The van der Waals surface area contributed by atoms with Gasteiger partial charge in [0.25, 0.3) is 0 Å². The van der Waals surface area contributed by atoms with E-state index in [9.17, 15) is 14.7 Å². The maximum Gasteiger partial charge on any atom is 0.306 e. The number of hydrogen-bond acceptors (Lipinski definition) is 4. The van der Waals surface area contributed by atoms with E-state index in [0.29, 0.717) is 18.7 Å². The summed E-state index contributed by atoms with van der Waals surface area (Å²) in [6.07, 6.45) is 1.71. The van der Waals surface area contributed by atoms with Crippen molar-refractivity contribution in [1.29, 1.82) is 5.26 Å². The average molecular weight is 406 g/mol. The molecule has 0 saturated heterocycles. The normalized spacial score (nSPS) is 22.4. The summed E-state index contributed by atoms with van der Waals surface area (Å²) in [7, 11) is 0. The van der Waals surface area contributed by atoms with Gasteiger partial charge in [-0.25, -0.2) is 0 Å². The summed E-state index contributed by atoms with van der Waals surface area (Å²) in [4.78, 5) is 24.5. The summed E-state index contributed by atoms with van der Waals surface area (Å²) in [6, 6.07) is 19.0. The van der Waals surface area contributed by atoms with Crippen LogP contribution in [0.3, 0.4) is 0 Å². The highest BCUT2D eigenvalue weighted by Crippen LogP contribution is 2.56. The number of ether oxygens (including phenoxy) is 1. The number of nitrogens with zero attached hydrogens (tertiary/aromatic N) is 1. The molecule has 0 bridgehead atoms. The lowest BCUT2D eigenvalue weighted by Gasteiger charge is -2.51. The molecule has 1 amide bonds. The Morgan fingerprint density at radius 2 is 1.83 bits per heavy atom. The topological polar surface area (TPSA) is 99.4 Å². The fourth-order valence-corrected chi connectivity index (χ4v) is 4.37. The Kier molecular flexibility index (Phi) is 6.73. The van der Waals surface area contributed by atoms with Crippen molar-refractivity contribution in [2.24, 2.45) is 17.3 Å². The van der Waals surface area contributed by atoms with E-state index in [2.05, 4.69) is 11.4 Å². The van der Waals surface area contributed by atoms with Crippen LogP contribution in [0.15, 0.2) is 54.6 Å². The van der Waals surface area contributed by atoms with Gasteiger partial charge in [-0.05, 0) is 48.6 Å². The average Bonchev–Trinajstić information content (AvgIpc) is 2.74. The predicted molar refractivity (Wildman–Crippen MR) is 112 cm³/mol. The number of benzene rings is 2. The molecular formula is C24H26N2O4. The molecule has 3 atom stereocenters. The van der Waals surface area contributed by atoms with Crippen LogP contribution in [0.2, 0.25) is 0 Å². The van der Waals surface area contributed by atoms with Crippen molar-refractivity contribution < 1.29 is 19.4 Å². The quantitative estimate of drug-likeness (QED) is 0.638. The van der Waals surface area contributed by atoms with Crippen LogP contribution in [0.1, 0.15) is 38.2 Å². The number of rotatable bonds is 9. The molecule has 6 nitrogen and oxygen atoms in total. The van der Waals surface area contributed by atoms with E-state index >= 15 is 0 Å².